The summed E-state index contributed by atoms with van der Waals surface area (Å²) in [5.74, 6) is 0.557. The molecule has 104 valence electrons. The number of hydrogen-bond acceptors (Lipinski definition) is 3. The van der Waals surface area contributed by atoms with Crippen LogP contribution in [0.3, 0.4) is 0 Å². The van der Waals surface area contributed by atoms with Gasteiger partial charge in [-0.25, -0.2) is 0 Å². The van der Waals surface area contributed by atoms with Gasteiger partial charge in [0.2, 0.25) is 5.91 Å². The van der Waals surface area contributed by atoms with Gasteiger partial charge < -0.3 is 10.2 Å². The van der Waals surface area contributed by atoms with Crippen molar-refractivity contribution in [1.82, 2.24) is 10.2 Å². The lowest BCUT2D eigenvalue weighted by Crippen LogP contribution is -2.45. The standard InChI is InChI=1S/C14H19ClN2OS/c1-3-8-17(9-11-4-5-12(15)19-11)14(18)13-10(2)6-7-16-13/h3-5,10,13,16H,1,6-9H2,2H3. The van der Waals surface area contributed by atoms with E-state index < -0.39 is 0 Å². The molecule has 5 heteroatoms. The molecule has 1 saturated heterocycles. The fourth-order valence-corrected chi connectivity index (χ4v) is 3.48. The molecule has 0 saturated carbocycles. The largest absolute Gasteiger partial charge is 0.332 e. The second-order valence-corrected chi connectivity index (χ2v) is 6.71. The first kappa shape index (κ1) is 14.6. The summed E-state index contributed by atoms with van der Waals surface area (Å²) in [6, 6.07) is 3.78. The van der Waals surface area contributed by atoms with Gasteiger partial charge in [0.25, 0.3) is 0 Å². The van der Waals surface area contributed by atoms with E-state index in [0.29, 0.717) is 19.0 Å². The molecule has 2 heterocycles. The molecular formula is C14H19ClN2OS. The van der Waals surface area contributed by atoms with E-state index in [0.717, 1.165) is 22.2 Å². The third-order valence-electron chi connectivity index (χ3n) is 3.44. The zero-order valence-corrected chi connectivity index (χ0v) is 12.6. The molecule has 19 heavy (non-hydrogen) atoms. The van der Waals surface area contributed by atoms with Crippen LogP contribution in [0.1, 0.15) is 18.2 Å². The van der Waals surface area contributed by atoms with Crippen LogP contribution in [0.2, 0.25) is 4.34 Å². The molecule has 1 aromatic heterocycles. The van der Waals surface area contributed by atoms with Crippen molar-refractivity contribution >= 4 is 28.8 Å². The second-order valence-electron chi connectivity index (χ2n) is 4.91. The molecular weight excluding hydrogens is 280 g/mol. The molecule has 2 rings (SSSR count). The van der Waals surface area contributed by atoms with Crippen LogP contribution in [0, 0.1) is 5.92 Å². The lowest BCUT2D eigenvalue weighted by molar-refractivity contribution is -0.134. The van der Waals surface area contributed by atoms with Crippen LogP contribution in [0.15, 0.2) is 24.8 Å². The third-order valence-corrected chi connectivity index (χ3v) is 4.65. The van der Waals surface area contributed by atoms with E-state index in [1.165, 1.54) is 11.3 Å². The normalized spacial score (nSPS) is 22.4. The molecule has 2 unspecified atom stereocenters. The number of halogens is 1. The number of nitrogens with one attached hydrogen (secondary N) is 1. The van der Waals surface area contributed by atoms with Gasteiger partial charge in [0.15, 0.2) is 0 Å². The summed E-state index contributed by atoms with van der Waals surface area (Å²) in [4.78, 5) is 15.5. The van der Waals surface area contributed by atoms with Crippen LogP contribution in [0.4, 0.5) is 0 Å². The average molecular weight is 299 g/mol. The van der Waals surface area contributed by atoms with E-state index in [4.69, 9.17) is 11.6 Å². The first-order chi connectivity index (χ1) is 9.11. The van der Waals surface area contributed by atoms with Gasteiger partial charge in [-0.1, -0.05) is 24.6 Å². The van der Waals surface area contributed by atoms with Gasteiger partial charge >= 0.3 is 0 Å². The Labute approximate surface area is 123 Å². The van der Waals surface area contributed by atoms with Crippen molar-refractivity contribution in [3.63, 3.8) is 0 Å². The monoisotopic (exact) mass is 298 g/mol. The summed E-state index contributed by atoms with van der Waals surface area (Å²) in [5, 5.41) is 3.29. The molecule has 1 fully saturated rings. The minimum absolute atomic E-state index is 0.0598. The van der Waals surface area contributed by atoms with Crippen LogP contribution < -0.4 is 5.32 Å². The Morgan fingerprint density at radius 2 is 2.47 bits per heavy atom. The van der Waals surface area contributed by atoms with Crippen molar-refractivity contribution in [3.8, 4) is 0 Å². The average Bonchev–Trinajstić information content (AvgIpc) is 2.97. The van der Waals surface area contributed by atoms with Crippen molar-refractivity contribution in [1.29, 1.82) is 0 Å². The van der Waals surface area contributed by atoms with Crippen LogP contribution >= 0.6 is 22.9 Å². The highest BCUT2D eigenvalue weighted by atomic mass is 35.5. The Morgan fingerprint density at radius 1 is 1.68 bits per heavy atom. The Hall–Kier alpha value is -0.840. The fourth-order valence-electron chi connectivity index (χ4n) is 2.37. The number of nitrogens with zero attached hydrogens (tertiary/aromatic N) is 1. The van der Waals surface area contributed by atoms with Crippen LogP contribution in [-0.4, -0.2) is 29.9 Å². The molecule has 0 spiro atoms. The SMILES string of the molecule is C=CCN(Cc1ccc(Cl)s1)C(=O)C1NCCC1C. The quantitative estimate of drug-likeness (QED) is 0.848. The zero-order valence-electron chi connectivity index (χ0n) is 11.1. The minimum Gasteiger partial charge on any atom is -0.332 e. The second kappa shape index (κ2) is 6.55. The molecule has 2 atom stereocenters. The van der Waals surface area contributed by atoms with E-state index >= 15 is 0 Å². The van der Waals surface area contributed by atoms with Gasteiger partial charge in [-0.3, -0.25) is 4.79 Å². The van der Waals surface area contributed by atoms with Crippen LogP contribution in [0.5, 0.6) is 0 Å². The van der Waals surface area contributed by atoms with Gasteiger partial charge in [-0.2, -0.15) is 0 Å². The Bertz CT molecular complexity index is 460. The number of carbonyl (C=O) groups excluding carboxylic acids is 1. The number of rotatable bonds is 5. The Kier molecular flexibility index (Phi) is 5.02. The van der Waals surface area contributed by atoms with E-state index in [1.54, 1.807) is 6.08 Å². The molecule has 0 radical (unpaired) electrons. The molecule has 1 aliphatic rings. The lowest BCUT2D eigenvalue weighted by Gasteiger charge is -2.26. The first-order valence-corrected chi connectivity index (χ1v) is 7.68. The third kappa shape index (κ3) is 3.59. The van der Waals surface area contributed by atoms with Gasteiger partial charge in [-0.05, 0) is 31.0 Å². The Balaban J connectivity index is 2.06. The van der Waals surface area contributed by atoms with Crippen molar-refractivity contribution in [2.45, 2.75) is 25.9 Å². The van der Waals surface area contributed by atoms with Crippen LogP contribution in [-0.2, 0) is 11.3 Å². The smallest absolute Gasteiger partial charge is 0.240 e. The molecule has 1 amide bonds. The fraction of sp³-hybridized carbons (Fsp3) is 0.500. The van der Waals surface area contributed by atoms with Gasteiger partial charge in [0, 0.05) is 11.4 Å². The first-order valence-electron chi connectivity index (χ1n) is 6.49. The van der Waals surface area contributed by atoms with E-state index in [-0.39, 0.29) is 11.9 Å². The summed E-state index contributed by atoms with van der Waals surface area (Å²) < 4.78 is 0.758. The molecule has 1 aromatic rings. The van der Waals surface area contributed by atoms with Crippen molar-refractivity contribution in [2.75, 3.05) is 13.1 Å². The molecule has 0 aliphatic carbocycles. The maximum atomic E-state index is 12.5. The number of amides is 1. The summed E-state index contributed by atoms with van der Waals surface area (Å²) >= 11 is 7.45. The van der Waals surface area contributed by atoms with Gasteiger partial charge in [-0.15, -0.1) is 17.9 Å². The number of carbonyl (C=O) groups is 1. The minimum atomic E-state index is -0.0598. The maximum absolute atomic E-state index is 12.5. The number of thiophene rings is 1. The molecule has 1 aliphatic heterocycles. The summed E-state index contributed by atoms with van der Waals surface area (Å²) in [7, 11) is 0. The highest BCUT2D eigenvalue weighted by Gasteiger charge is 2.32. The molecule has 3 nitrogen and oxygen atoms in total. The van der Waals surface area contributed by atoms with Crippen molar-refractivity contribution in [2.24, 2.45) is 5.92 Å². The van der Waals surface area contributed by atoms with Gasteiger partial charge in [0.1, 0.15) is 0 Å². The topological polar surface area (TPSA) is 32.3 Å². The summed E-state index contributed by atoms with van der Waals surface area (Å²) in [5.41, 5.74) is 0. The summed E-state index contributed by atoms with van der Waals surface area (Å²) in [6.45, 7) is 7.95. The highest BCUT2D eigenvalue weighted by Crippen LogP contribution is 2.24. The highest BCUT2D eigenvalue weighted by molar-refractivity contribution is 7.16. The maximum Gasteiger partial charge on any atom is 0.240 e. The predicted molar refractivity (Wildman–Crippen MR) is 80.5 cm³/mol. The summed E-state index contributed by atoms with van der Waals surface area (Å²) in [6.07, 6.45) is 2.83. The predicted octanol–water partition coefficient (Wildman–Crippen LogP) is 2.91. The molecule has 1 N–H and O–H groups in total. The van der Waals surface area contributed by atoms with Crippen LogP contribution in [0.25, 0.3) is 0 Å². The molecule has 0 aromatic carbocycles. The number of hydrogen-bond donors (Lipinski definition) is 1. The van der Waals surface area contributed by atoms with E-state index in [1.807, 2.05) is 17.0 Å². The van der Waals surface area contributed by atoms with Gasteiger partial charge in [0.05, 0.1) is 16.9 Å². The van der Waals surface area contributed by atoms with E-state index in [2.05, 4.69) is 18.8 Å². The van der Waals surface area contributed by atoms with Crippen molar-refractivity contribution in [3.05, 3.63) is 34.0 Å². The Morgan fingerprint density at radius 3 is 3.00 bits per heavy atom. The lowest BCUT2D eigenvalue weighted by atomic mass is 10.0. The van der Waals surface area contributed by atoms with E-state index in [9.17, 15) is 4.79 Å². The molecule has 0 bridgehead atoms. The zero-order chi connectivity index (χ0) is 13.8. The van der Waals surface area contributed by atoms with Crippen molar-refractivity contribution < 1.29 is 4.79 Å².